The van der Waals surface area contributed by atoms with Gasteiger partial charge in [-0.15, -0.1) is 0 Å². The molecule has 98 valence electrons. The molecule has 0 aliphatic rings. The van der Waals surface area contributed by atoms with Gasteiger partial charge in [-0.05, 0) is 51.5 Å². The van der Waals surface area contributed by atoms with Crippen molar-refractivity contribution in [3.05, 3.63) is 28.8 Å². The monoisotopic (exact) mass is 268 g/mol. The molecule has 1 rings (SSSR count). The van der Waals surface area contributed by atoms with Crippen LogP contribution in [-0.4, -0.2) is 17.7 Å². The summed E-state index contributed by atoms with van der Waals surface area (Å²) in [6.07, 6.45) is -0.618. The molecule has 0 aliphatic heterocycles. The summed E-state index contributed by atoms with van der Waals surface area (Å²) in [7, 11) is 0. The van der Waals surface area contributed by atoms with Crippen LogP contribution < -0.4 is 10.2 Å². The molecular weight excluding hydrogens is 252 g/mol. The van der Waals surface area contributed by atoms with Crippen LogP contribution in [0.15, 0.2) is 23.3 Å². The Kier molecular flexibility index (Phi) is 5.16. The van der Waals surface area contributed by atoms with Gasteiger partial charge in [-0.1, -0.05) is 11.6 Å². The average molecular weight is 269 g/mol. The number of nitrogens with zero attached hydrogens (tertiary/aromatic N) is 1. The molecule has 18 heavy (non-hydrogen) atoms. The van der Waals surface area contributed by atoms with E-state index < -0.39 is 6.10 Å². The van der Waals surface area contributed by atoms with E-state index >= 15 is 0 Å². The first-order valence-electron chi connectivity index (χ1n) is 5.63. The molecule has 0 aromatic heterocycles. The van der Waals surface area contributed by atoms with Gasteiger partial charge in [0.25, 0.3) is 5.91 Å². The highest BCUT2D eigenvalue weighted by molar-refractivity contribution is 6.30. The fourth-order valence-electron chi connectivity index (χ4n) is 1.25. The summed E-state index contributed by atoms with van der Waals surface area (Å²) in [5.74, 6) is 0.352. The topological polar surface area (TPSA) is 50.7 Å². The van der Waals surface area contributed by atoms with Crippen LogP contribution in [-0.2, 0) is 4.79 Å². The molecule has 0 aliphatic carbocycles. The first kappa shape index (κ1) is 14.5. The standard InChI is InChI=1S/C13H17ClN2O2/c1-8(2)15-16-13(17)10(4)18-12-6-5-11(14)7-9(12)3/h5-7,10H,1-4H3,(H,16,17)/t10-/m1/s1. The Hall–Kier alpha value is -1.55. The highest BCUT2D eigenvalue weighted by atomic mass is 35.5. The van der Waals surface area contributed by atoms with Crippen molar-refractivity contribution < 1.29 is 9.53 Å². The maximum atomic E-state index is 11.7. The number of hydrogen-bond donors (Lipinski definition) is 1. The maximum absolute atomic E-state index is 11.7. The Labute approximate surface area is 112 Å². The van der Waals surface area contributed by atoms with Crippen LogP contribution in [0.2, 0.25) is 5.02 Å². The molecule has 0 unspecified atom stereocenters. The lowest BCUT2D eigenvalue weighted by Gasteiger charge is -2.15. The minimum atomic E-state index is -0.618. The SMILES string of the molecule is CC(C)=NNC(=O)[C@@H](C)Oc1ccc(Cl)cc1C. The zero-order chi connectivity index (χ0) is 13.7. The van der Waals surface area contributed by atoms with Gasteiger partial charge in [0, 0.05) is 10.7 Å². The van der Waals surface area contributed by atoms with E-state index in [9.17, 15) is 4.79 Å². The lowest BCUT2D eigenvalue weighted by Crippen LogP contribution is -2.33. The van der Waals surface area contributed by atoms with Gasteiger partial charge < -0.3 is 4.74 Å². The second-order valence-electron chi connectivity index (χ2n) is 4.20. The summed E-state index contributed by atoms with van der Waals surface area (Å²) in [5, 5.41) is 4.48. The van der Waals surface area contributed by atoms with Crippen LogP contribution in [0.4, 0.5) is 0 Å². The average Bonchev–Trinajstić information content (AvgIpc) is 2.29. The molecule has 0 saturated heterocycles. The number of halogens is 1. The van der Waals surface area contributed by atoms with Crippen LogP contribution in [0.1, 0.15) is 26.3 Å². The zero-order valence-corrected chi connectivity index (χ0v) is 11.7. The van der Waals surface area contributed by atoms with Gasteiger partial charge in [-0.25, -0.2) is 5.43 Å². The molecule has 1 atom stereocenters. The number of hydrogen-bond acceptors (Lipinski definition) is 3. The smallest absolute Gasteiger partial charge is 0.280 e. The van der Waals surface area contributed by atoms with Gasteiger partial charge in [0.1, 0.15) is 5.75 Å². The van der Waals surface area contributed by atoms with E-state index in [4.69, 9.17) is 16.3 Å². The second kappa shape index (κ2) is 6.40. The van der Waals surface area contributed by atoms with E-state index in [0.717, 1.165) is 11.3 Å². The Morgan fingerprint density at radius 3 is 2.67 bits per heavy atom. The molecule has 1 aromatic rings. The number of rotatable bonds is 4. The number of aryl methyl sites for hydroxylation is 1. The van der Waals surface area contributed by atoms with Crippen molar-refractivity contribution in [2.75, 3.05) is 0 Å². The molecule has 0 saturated carbocycles. The number of nitrogens with one attached hydrogen (secondary N) is 1. The molecule has 1 N–H and O–H groups in total. The lowest BCUT2D eigenvalue weighted by atomic mass is 10.2. The minimum absolute atomic E-state index is 0.287. The first-order valence-corrected chi connectivity index (χ1v) is 6.01. The molecule has 0 spiro atoms. The largest absolute Gasteiger partial charge is 0.481 e. The van der Waals surface area contributed by atoms with E-state index in [2.05, 4.69) is 10.5 Å². The van der Waals surface area contributed by atoms with Crippen LogP contribution in [0.3, 0.4) is 0 Å². The number of amides is 1. The predicted octanol–water partition coefficient (Wildman–Crippen LogP) is 2.93. The van der Waals surface area contributed by atoms with E-state index in [1.165, 1.54) is 0 Å². The minimum Gasteiger partial charge on any atom is -0.481 e. The summed E-state index contributed by atoms with van der Waals surface area (Å²) < 4.78 is 5.55. The number of carbonyl (C=O) groups excluding carboxylic acids is 1. The van der Waals surface area contributed by atoms with Gasteiger partial charge >= 0.3 is 0 Å². The van der Waals surface area contributed by atoms with E-state index in [1.807, 2.05) is 6.92 Å². The number of benzene rings is 1. The molecule has 0 radical (unpaired) electrons. The molecule has 1 amide bonds. The van der Waals surface area contributed by atoms with Gasteiger partial charge in [-0.2, -0.15) is 5.10 Å². The molecule has 4 nitrogen and oxygen atoms in total. The van der Waals surface area contributed by atoms with Crippen molar-refractivity contribution in [1.82, 2.24) is 5.43 Å². The molecule has 0 heterocycles. The number of hydrazone groups is 1. The van der Waals surface area contributed by atoms with Gasteiger partial charge in [0.15, 0.2) is 6.10 Å². The van der Waals surface area contributed by atoms with Crippen LogP contribution in [0, 0.1) is 6.92 Å². The van der Waals surface area contributed by atoms with Gasteiger partial charge in [0.2, 0.25) is 0 Å². The molecule has 1 aromatic carbocycles. The maximum Gasteiger partial charge on any atom is 0.280 e. The molecule has 0 fully saturated rings. The third kappa shape index (κ3) is 4.37. The summed E-state index contributed by atoms with van der Waals surface area (Å²) in [6.45, 7) is 7.15. The molecule has 5 heteroatoms. The first-order chi connectivity index (χ1) is 8.40. The van der Waals surface area contributed by atoms with Gasteiger partial charge in [-0.3, -0.25) is 4.79 Å². The summed E-state index contributed by atoms with van der Waals surface area (Å²) >= 11 is 5.85. The Balaban J connectivity index is 2.66. The summed E-state index contributed by atoms with van der Waals surface area (Å²) in [6, 6.07) is 5.26. The summed E-state index contributed by atoms with van der Waals surface area (Å²) in [5.41, 5.74) is 4.09. The predicted molar refractivity (Wildman–Crippen MR) is 73.2 cm³/mol. The van der Waals surface area contributed by atoms with Crippen molar-refractivity contribution in [3.63, 3.8) is 0 Å². The van der Waals surface area contributed by atoms with Crippen molar-refractivity contribution >= 4 is 23.2 Å². The molecular formula is C13H17ClN2O2. The van der Waals surface area contributed by atoms with Crippen molar-refractivity contribution in [2.24, 2.45) is 5.10 Å². The zero-order valence-electron chi connectivity index (χ0n) is 11.0. The van der Waals surface area contributed by atoms with Crippen molar-refractivity contribution in [3.8, 4) is 5.75 Å². The van der Waals surface area contributed by atoms with Crippen LogP contribution in [0.25, 0.3) is 0 Å². The third-order valence-corrected chi connectivity index (χ3v) is 2.43. The summed E-state index contributed by atoms with van der Waals surface area (Å²) in [4.78, 5) is 11.7. The van der Waals surface area contributed by atoms with E-state index in [1.54, 1.807) is 39.0 Å². The number of ether oxygens (including phenoxy) is 1. The second-order valence-corrected chi connectivity index (χ2v) is 4.64. The van der Waals surface area contributed by atoms with Crippen LogP contribution in [0.5, 0.6) is 5.75 Å². The lowest BCUT2D eigenvalue weighted by molar-refractivity contribution is -0.127. The van der Waals surface area contributed by atoms with E-state index in [0.29, 0.717) is 10.8 Å². The van der Waals surface area contributed by atoms with E-state index in [-0.39, 0.29) is 5.91 Å². The fraction of sp³-hybridized carbons (Fsp3) is 0.385. The van der Waals surface area contributed by atoms with Crippen molar-refractivity contribution in [1.29, 1.82) is 0 Å². The Morgan fingerprint density at radius 2 is 2.11 bits per heavy atom. The normalized spacial score (nSPS) is 11.6. The number of carbonyl (C=O) groups is 1. The van der Waals surface area contributed by atoms with Gasteiger partial charge in [0.05, 0.1) is 0 Å². The third-order valence-electron chi connectivity index (χ3n) is 2.20. The Bertz CT molecular complexity index is 468. The van der Waals surface area contributed by atoms with Crippen LogP contribution >= 0.6 is 11.6 Å². The quantitative estimate of drug-likeness (QED) is 0.674. The Morgan fingerprint density at radius 1 is 1.44 bits per heavy atom. The highest BCUT2D eigenvalue weighted by Crippen LogP contribution is 2.22. The highest BCUT2D eigenvalue weighted by Gasteiger charge is 2.15. The molecule has 0 bridgehead atoms. The fourth-order valence-corrected chi connectivity index (χ4v) is 1.47. The van der Waals surface area contributed by atoms with Crippen molar-refractivity contribution in [2.45, 2.75) is 33.8 Å².